The molecule has 6 heteroatoms. The third-order valence-corrected chi connectivity index (χ3v) is 7.39. The van der Waals surface area contributed by atoms with E-state index in [1.54, 1.807) is 0 Å². The van der Waals surface area contributed by atoms with Crippen LogP contribution >= 0.6 is 0 Å². The van der Waals surface area contributed by atoms with Gasteiger partial charge in [-0.1, -0.05) is 29.8 Å². The first kappa shape index (κ1) is 15.0. The van der Waals surface area contributed by atoms with Crippen LogP contribution in [0.4, 0.5) is 4.79 Å². The van der Waals surface area contributed by atoms with Crippen molar-refractivity contribution in [3.8, 4) is 0 Å². The Bertz CT molecular complexity index is 744. The third kappa shape index (κ3) is 2.63. The van der Waals surface area contributed by atoms with Gasteiger partial charge in [-0.05, 0) is 31.2 Å². The van der Waals surface area contributed by atoms with Gasteiger partial charge in [0.15, 0.2) is 9.84 Å². The number of aryl methyl sites for hydroxylation is 1. The topological polar surface area (TPSA) is 66.5 Å². The van der Waals surface area contributed by atoms with E-state index in [0.717, 1.165) is 19.5 Å². The van der Waals surface area contributed by atoms with Crippen LogP contribution in [0.1, 0.15) is 24.0 Å². The summed E-state index contributed by atoms with van der Waals surface area (Å²) in [4.78, 5) is 14.3. The molecular formula is C17H22N2O3S. The maximum Gasteiger partial charge on any atom is 0.317 e. The predicted octanol–water partition coefficient (Wildman–Crippen LogP) is 1.47. The molecule has 2 aliphatic heterocycles. The predicted molar refractivity (Wildman–Crippen MR) is 88.1 cm³/mol. The fourth-order valence-electron chi connectivity index (χ4n) is 4.14. The van der Waals surface area contributed by atoms with Crippen LogP contribution in [0, 0.1) is 12.8 Å². The first-order chi connectivity index (χ1) is 10.9. The number of nitrogens with zero attached hydrogens (tertiary/aromatic N) is 1. The quantitative estimate of drug-likeness (QED) is 0.890. The Labute approximate surface area is 137 Å². The van der Waals surface area contributed by atoms with Crippen molar-refractivity contribution in [1.29, 1.82) is 0 Å². The first-order valence-electron chi connectivity index (χ1n) is 8.21. The summed E-state index contributed by atoms with van der Waals surface area (Å²) in [5.41, 5.74) is 2.71. The van der Waals surface area contributed by atoms with Gasteiger partial charge in [-0.25, -0.2) is 13.2 Å². The van der Waals surface area contributed by atoms with E-state index >= 15 is 0 Å². The Kier molecular flexibility index (Phi) is 3.24. The van der Waals surface area contributed by atoms with Crippen molar-refractivity contribution in [3.05, 3.63) is 35.4 Å². The SMILES string of the molecule is Cc1ccc([C@]23C[C@H]2CN(C(=O)NC2CCS(=O)(=O)C2)C3)cc1. The minimum Gasteiger partial charge on any atom is -0.334 e. The second-order valence-electron chi connectivity index (χ2n) is 7.35. The molecule has 5 nitrogen and oxygen atoms in total. The molecule has 4 rings (SSSR count). The van der Waals surface area contributed by atoms with Gasteiger partial charge in [0.1, 0.15) is 0 Å². The summed E-state index contributed by atoms with van der Waals surface area (Å²) in [6.07, 6.45) is 1.69. The van der Waals surface area contributed by atoms with E-state index < -0.39 is 9.84 Å². The molecule has 2 saturated heterocycles. The van der Waals surface area contributed by atoms with Crippen LogP contribution in [0.3, 0.4) is 0 Å². The van der Waals surface area contributed by atoms with E-state index in [9.17, 15) is 13.2 Å². The number of hydrogen-bond donors (Lipinski definition) is 1. The zero-order valence-electron chi connectivity index (χ0n) is 13.3. The summed E-state index contributed by atoms with van der Waals surface area (Å²) >= 11 is 0. The van der Waals surface area contributed by atoms with Gasteiger partial charge in [-0.15, -0.1) is 0 Å². The lowest BCUT2D eigenvalue weighted by Gasteiger charge is -2.23. The highest BCUT2D eigenvalue weighted by atomic mass is 32.2. The Balaban J connectivity index is 1.41. The number of urea groups is 1. The van der Waals surface area contributed by atoms with E-state index in [-0.39, 0.29) is 29.0 Å². The van der Waals surface area contributed by atoms with Gasteiger partial charge in [0.2, 0.25) is 0 Å². The molecule has 0 radical (unpaired) electrons. The summed E-state index contributed by atoms with van der Waals surface area (Å²) in [7, 11) is -2.96. The Morgan fingerprint density at radius 1 is 1.30 bits per heavy atom. The lowest BCUT2D eigenvalue weighted by molar-refractivity contribution is 0.199. The molecular weight excluding hydrogens is 312 g/mol. The fourth-order valence-corrected chi connectivity index (χ4v) is 5.82. The van der Waals surface area contributed by atoms with Crippen molar-refractivity contribution < 1.29 is 13.2 Å². The number of nitrogens with one attached hydrogen (secondary N) is 1. The standard InChI is InChI=1S/C17H22N2O3S/c1-12-2-4-13(5-3-12)17-8-14(17)9-19(11-17)16(20)18-15-6-7-23(21,22)10-15/h2-5,14-15H,6-11H2,1H3,(H,18,20)/t14-,15?,17+/m0/s1. The number of carbonyl (C=O) groups is 1. The molecule has 124 valence electrons. The van der Waals surface area contributed by atoms with Crippen molar-refractivity contribution in [3.63, 3.8) is 0 Å². The molecule has 1 aromatic rings. The number of likely N-dealkylation sites (tertiary alicyclic amines) is 1. The van der Waals surface area contributed by atoms with Crippen LogP contribution in [-0.4, -0.2) is 50.0 Å². The van der Waals surface area contributed by atoms with Gasteiger partial charge in [-0.3, -0.25) is 0 Å². The number of fused-ring (bicyclic) bond motifs is 1. The average Bonchev–Trinajstić information content (AvgIpc) is 2.88. The number of carbonyl (C=O) groups excluding carboxylic acids is 1. The third-order valence-electron chi connectivity index (χ3n) is 5.62. The number of amides is 2. The number of benzene rings is 1. The monoisotopic (exact) mass is 334 g/mol. The second kappa shape index (κ2) is 4.97. The zero-order valence-corrected chi connectivity index (χ0v) is 14.1. The maximum atomic E-state index is 12.4. The molecule has 1 unspecified atom stereocenters. The van der Waals surface area contributed by atoms with Gasteiger partial charge in [0, 0.05) is 24.5 Å². The van der Waals surface area contributed by atoms with E-state index in [1.165, 1.54) is 11.1 Å². The van der Waals surface area contributed by atoms with E-state index in [4.69, 9.17) is 0 Å². The maximum absolute atomic E-state index is 12.4. The summed E-state index contributed by atoms with van der Waals surface area (Å²) in [5.74, 6) is 0.816. The van der Waals surface area contributed by atoms with Crippen molar-refractivity contribution in [2.45, 2.75) is 31.2 Å². The lowest BCUT2D eigenvalue weighted by Crippen LogP contribution is -2.45. The molecule has 2 heterocycles. The molecule has 3 atom stereocenters. The van der Waals surface area contributed by atoms with Crippen molar-refractivity contribution >= 4 is 15.9 Å². The van der Waals surface area contributed by atoms with E-state index in [2.05, 4.69) is 36.5 Å². The van der Waals surface area contributed by atoms with Crippen LogP contribution in [0.25, 0.3) is 0 Å². The minimum atomic E-state index is -2.96. The van der Waals surface area contributed by atoms with Crippen LogP contribution in [0.2, 0.25) is 0 Å². The van der Waals surface area contributed by atoms with E-state index in [0.29, 0.717) is 12.3 Å². The van der Waals surface area contributed by atoms with E-state index in [1.807, 2.05) is 4.90 Å². The zero-order chi connectivity index (χ0) is 16.2. The molecule has 3 aliphatic rings. The molecule has 2 amide bonds. The summed E-state index contributed by atoms with van der Waals surface area (Å²) in [6.45, 7) is 3.60. The van der Waals surface area contributed by atoms with Crippen molar-refractivity contribution in [1.82, 2.24) is 10.2 Å². The first-order valence-corrected chi connectivity index (χ1v) is 10.0. The van der Waals surface area contributed by atoms with Gasteiger partial charge in [-0.2, -0.15) is 0 Å². The number of sulfone groups is 1. The molecule has 1 N–H and O–H groups in total. The second-order valence-corrected chi connectivity index (χ2v) is 9.58. The van der Waals surface area contributed by atoms with Gasteiger partial charge in [0.05, 0.1) is 11.5 Å². The van der Waals surface area contributed by atoms with Gasteiger partial charge >= 0.3 is 6.03 Å². The molecule has 0 spiro atoms. The van der Waals surface area contributed by atoms with Crippen LogP contribution in [-0.2, 0) is 15.3 Å². The molecule has 3 fully saturated rings. The number of rotatable bonds is 2. The van der Waals surface area contributed by atoms with Crippen LogP contribution in [0.15, 0.2) is 24.3 Å². The van der Waals surface area contributed by atoms with Gasteiger partial charge in [0.25, 0.3) is 0 Å². The Morgan fingerprint density at radius 2 is 2.04 bits per heavy atom. The highest BCUT2D eigenvalue weighted by molar-refractivity contribution is 7.91. The van der Waals surface area contributed by atoms with Gasteiger partial charge < -0.3 is 10.2 Å². The van der Waals surface area contributed by atoms with Crippen molar-refractivity contribution in [2.24, 2.45) is 5.92 Å². The highest BCUT2D eigenvalue weighted by Gasteiger charge is 2.61. The normalized spacial score (nSPS) is 34.2. The molecule has 23 heavy (non-hydrogen) atoms. The number of hydrogen-bond acceptors (Lipinski definition) is 3. The Morgan fingerprint density at radius 3 is 2.70 bits per heavy atom. The summed E-state index contributed by atoms with van der Waals surface area (Å²) in [5, 5.41) is 2.90. The van der Waals surface area contributed by atoms with Crippen LogP contribution < -0.4 is 5.32 Å². The highest BCUT2D eigenvalue weighted by Crippen LogP contribution is 2.58. The smallest absolute Gasteiger partial charge is 0.317 e. The fraction of sp³-hybridized carbons (Fsp3) is 0.588. The molecule has 1 aliphatic carbocycles. The number of piperidine rings is 1. The summed E-state index contributed by atoms with van der Waals surface area (Å²) in [6, 6.07) is 8.29. The molecule has 0 aromatic heterocycles. The average molecular weight is 334 g/mol. The minimum absolute atomic E-state index is 0.0825. The largest absolute Gasteiger partial charge is 0.334 e. The molecule has 0 bridgehead atoms. The summed E-state index contributed by atoms with van der Waals surface area (Å²) < 4.78 is 23.0. The van der Waals surface area contributed by atoms with Crippen LogP contribution in [0.5, 0.6) is 0 Å². The Hall–Kier alpha value is -1.56. The van der Waals surface area contributed by atoms with Crippen molar-refractivity contribution in [2.75, 3.05) is 24.6 Å². The molecule has 1 aromatic carbocycles. The molecule has 1 saturated carbocycles. The lowest BCUT2D eigenvalue weighted by atomic mass is 9.94.